The monoisotopic (exact) mass is 359 g/mol. The van der Waals surface area contributed by atoms with E-state index in [0.717, 1.165) is 12.0 Å². The van der Waals surface area contributed by atoms with Gasteiger partial charge in [-0.3, -0.25) is 0 Å². The minimum Gasteiger partial charge on any atom is -0.207 e. The molecule has 3 fully saturated rings. The molecule has 4 rings (SSSR count). The van der Waals surface area contributed by atoms with Crippen LogP contribution in [-0.2, 0) is 10.0 Å². The van der Waals surface area contributed by atoms with Gasteiger partial charge in [-0.1, -0.05) is 43.0 Å². The lowest BCUT2D eigenvalue weighted by Crippen LogP contribution is -2.46. The van der Waals surface area contributed by atoms with Crippen LogP contribution in [0.1, 0.15) is 50.5 Å². The summed E-state index contributed by atoms with van der Waals surface area (Å²) < 4.78 is 28.7. The summed E-state index contributed by atoms with van der Waals surface area (Å²) in [4.78, 5) is 0.453. The van der Waals surface area contributed by atoms with E-state index in [-0.39, 0.29) is 11.5 Å². The van der Waals surface area contributed by atoms with Crippen molar-refractivity contribution in [2.24, 2.45) is 17.3 Å². The van der Waals surface area contributed by atoms with Gasteiger partial charge in [-0.25, -0.2) is 8.42 Å². The lowest BCUT2D eigenvalue weighted by molar-refractivity contribution is 0.159. The van der Waals surface area contributed by atoms with Crippen LogP contribution in [-0.4, -0.2) is 25.3 Å². The summed E-state index contributed by atoms with van der Waals surface area (Å²) >= 11 is 0. The molecule has 3 nitrogen and oxygen atoms in total. The van der Waals surface area contributed by atoms with E-state index in [1.54, 1.807) is 12.1 Å². The average molecular weight is 360 g/mol. The second-order valence-electron chi connectivity index (χ2n) is 8.36. The number of fused-ring (bicyclic) bond motifs is 1. The topological polar surface area (TPSA) is 37.4 Å². The molecule has 2 aliphatic carbocycles. The SMILES string of the molecule is C=CC[C@]12C[C@H]1CN(S(=O)(=O)c1ccc(C)cc1)[C@@H]2C1CCCCC1. The van der Waals surface area contributed by atoms with Crippen LogP contribution in [0.2, 0.25) is 0 Å². The van der Waals surface area contributed by atoms with Gasteiger partial charge in [0.25, 0.3) is 0 Å². The third-order valence-corrected chi connectivity index (χ3v) is 8.69. The molecule has 1 aromatic carbocycles. The standard InChI is InChI=1S/C21H29NO2S/c1-3-13-21-14-18(21)15-22(20(21)17-7-5-4-6-8-17)25(23,24)19-11-9-16(2)10-12-19/h3,9-12,17-18,20H,1,4-8,13-15H2,2H3/t18-,20+,21-/m0/s1. The molecule has 3 atom stereocenters. The molecule has 136 valence electrons. The fourth-order valence-electron chi connectivity index (χ4n) is 5.51. The van der Waals surface area contributed by atoms with Gasteiger partial charge in [0.1, 0.15) is 0 Å². The van der Waals surface area contributed by atoms with Crippen molar-refractivity contribution >= 4 is 10.0 Å². The number of hydrogen-bond acceptors (Lipinski definition) is 2. The van der Waals surface area contributed by atoms with Crippen molar-refractivity contribution < 1.29 is 8.42 Å². The van der Waals surface area contributed by atoms with E-state index in [2.05, 4.69) is 6.58 Å². The Labute approximate surface area is 152 Å². The van der Waals surface area contributed by atoms with Crippen molar-refractivity contribution in [1.82, 2.24) is 4.31 Å². The maximum absolute atomic E-state index is 13.4. The molecule has 1 saturated heterocycles. The van der Waals surface area contributed by atoms with Gasteiger partial charge in [0, 0.05) is 12.6 Å². The Morgan fingerprint density at radius 1 is 1.20 bits per heavy atom. The molecule has 25 heavy (non-hydrogen) atoms. The number of piperidine rings is 1. The van der Waals surface area contributed by atoms with Gasteiger partial charge >= 0.3 is 0 Å². The molecule has 1 aliphatic heterocycles. The molecule has 0 amide bonds. The van der Waals surface area contributed by atoms with Gasteiger partial charge in [-0.05, 0) is 62.0 Å². The molecule has 4 heteroatoms. The first-order valence-electron chi connectivity index (χ1n) is 9.68. The number of aryl methyl sites for hydroxylation is 1. The van der Waals surface area contributed by atoms with Crippen LogP contribution in [0.3, 0.4) is 0 Å². The second kappa shape index (κ2) is 6.24. The zero-order valence-corrected chi connectivity index (χ0v) is 16.0. The predicted octanol–water partition coefficient (Wildman–Crippen LogP) is 4.53. The molecule has 0 bridgehead atoms. The molecule has 0 radical (unpaired) electrons. The summed E-state index contributed by atoms with van der Waals surface area (Å²) in [5.41, 5.74) is 1.26. The van der Waals surface area contributed by atoms with Crippen LogP contribution in [0.4, 0.5) is 0 Å². The first-order chi connectivity index (χ1) is 12.0. The van der Waals surface area contributed by atoms with E-state index < -0.39 is 10.0 Å². The summed E-state index contributed by atoms with van der Waals surface area (Å²) in [6, 6.07) is 7.51. The van der Waals surface area contributed by atoms with Crippen LogP contribution in [0.25, 0.3) is 0 Å². The first-order valence-corrected chi connectivity index (χ1v) is 11.1. The number of hydrogen-bond donors (Lipinski definition) is 0. The van der Waals surface area contributed by atoms with Crippen molar-refractivity contribution in [1.29, 1.82) is 0 Å². The number of rotatable bonds is 5. The number of allylic oxidation sites excluding steroid dienone is 1. The molecular weight excluding hydrogens is 330 g/mol. The largest absolute Gasteiger partial charge is 0.243 e. The Morgan fingerprint density at radius 2 is 1.88 bits per heavy atom. The van der Waals surface area contributed by atoms with Crippen LogP contribution in [0, 0.1) is 24.2 Å². The summed E-state index contributed by atoms with van der Waals surface area (Å²) in [6.45, 7) is 6.65. The maximum atomic E-state index is 13.4. The van der Waals surface area contributed by atoms with Crippen LogP contribution >= 0.6 is 0 Å². The minimum atomic E-state index is -3.41. The molecule has 0 unspecified atom stereocenters. The second-order valence-corrected chi connectivity index (χ2v) is 10.2. The third kappa shape index (κ3) is 2.78. The lowest BCUT2D eigenvalue weighted by Gasteiger charge is -2.39. The van der Waals surface area contributed by atoms with E-state index >= 15 is 0 Å². The molecule has 1 heterocycles. The van der Waals surface area contributed by atoms with E-state index in [0.29, 0.717) is 23.3 Å². The fraction of sp³-hybridized carbons (Fsp3) is 0.619. The van der Waals surface area contributed by atoms with Crippen molar-refractivity contribution in [2.75, 3.05) is 6.54 Å². The molecule has 3 aliphatic rings. The highest BCUT2D eigenvalue weighted by atomic mass is 32.2. The summed E-state index contributed by atoms with van der Waals surface area (Å²) in [5.74, 6) is 1.04. The van der Waals surface area contributed by atoms with Crippen LogP contribution < -0.4 is 0 Å². The third-order valence-electron chi connectivity index (χ3n) is 6.83. The fourth-order valence-corrected chi connectivity index (χ4v) is 7.32. The van der Waals surface area contributed by atoms with E-state index in [9.17, 15) is 8.42 Å². The molecule has 1 aromatic rings. The van der Waals surface area contributed by atoms with Gasteiger partial charge in [0.05, 0.1) is 4.90 Å². The number of benzene rings is 1. The number of sulfonamides is 1. The van der Waals surface area contributed by atoms with E-state index in [4.69, 9.17) is 0 Å². The predicted molar refractivity (Wildman–Crippen MR) is 101 cm³/mol. The minimum absolute atomic E-state index is 0.168. The molecule has 2 saturated carbocycles. The highest BCUT2D eigenvalue weighted by Gasteiger charge is 2.68. The Bertz CT molecular complexity index is 749. The normalized spacial score (nSPS) is 33.2. The zero-order valence-electron chi connectivity index (χ0n) is 15.2. The van der Waals surface area contributed by atoms with Gasteiger partial charge in [-0.2, -0.15) is 4.31 Å². The highest BCUT2D eigenvalue weighted by Crippen LogP contribution is 2.67. The summed E-state index contributed by atoms with van der Waals surface area (Å²) in [5, 5.41) is 0. The first kappa shape index (κ1) is 17.3. The summed E-state index contributed by atoms with van der Waals surface area (Å²) in [6.07, 6.45) is 10.3. The van der Waals surface area contributed by atoms with Gasteiger partial charge in [0.15, 0.2) is 0 Å². The molecule has 0 spiro atoms. The molecular formula is C21H29NO2S. The van der Waals surface area contributed by atoms with Crippen molar-refractivity contribution in [3.8, 4) is 0 Å². The maximum Gasteiger partial charge on any atom is 0.243 e. The molecule has 0 aromatic heterocycles. The van der Waals surface area contributed by atoms with Gasteiger partial charge in [0.2, 0.25) is 10.0 Å². The molecule has 0 N–H and O–H groups in total. The smallest absolute Gasteiger partial charge is 0.207 e. The Balaban J connectivity index is 1.70. The average Bonchev–Trinajstić information content (AvgIpc) is 3.20. The highest BCUT2D eigenvalue weighted by molar-refractivity contribution is 7.89. The van der Waals surface area contributed by atoms with E-state index in [1.807, 2.05) is 29.4 Å². The van der Waals surface area contributed by atoms with Gasteiger partial charge < -0.3 is 0 Å². The van der Waals surface area contributed by atoms with Crippen molar-refractivity contribution in [2.45, 2.75) is 62.8 Å². The quantitative estimate of drug-likeness (QED) is 0.724. The van der Waals surface area contributed by atoms with Crippen molar-refractivity contribution in [3.63, 3.8) is 0 Å². The Hall–Kier alpha value is -1.13. The zero-order chi connectivity index (χ0) is 17.7. The van der Waals surface area contributed by atoms with Gasteiger partial charge in [-0.15, -0.1) is 6.58 Å². The van der Waals surface area contributed by atoms with E-state index in [1.165, 1.54) is 38.5 Å². The lowest BCUT2D eigenvalue weighted by atomic mass is 9.76. The van der Waals surface area contributed by atoms with Crippen LogP contribution in [0.15, 0.2) is 41.8 Å². The summed E-state index contributed by atoms with van der Waals surface area (Å²) in [7, 11) is -3.41. The Morgan fingerprint density at radius 3 is 2.52 bits per heavy atom. The number of nitrogens with zero attached hydrogens (tertiary/aromatic N) is 1. The van der Waals surface area contributed by atoms with Crippen molar-refractivity contribution in [3.05, 3.63) is 42.5 Å². The van der Waals surface area contributed by atoms with Crippen LogP contribution in [0.5, 0.6) is 0 Å². The Kier molecular flexibility index (Phi) is 4.32.